The molecule has 0 unspecified atom stereocenters. The highest BCUT2D eigenvalue weighted by Crippen LogP contribution is 2.29. The molecule has 2 aromatic carbocycles. The summed E-state index contributed by atoms with van der Waals surface area (Å²) in [4.78, 5) is 11.9. The number of nitrogens with zero attached hydrogens (tertiary/aromatic N) is 1. The molecule has 7 nitrogen and oxygen atoms in total. The first-order chi connectivity index (χ1) is 13.5. The monoisotopic (exact) mass is 403 g/mol. The molecule has 1 aliphatic heterocycles. The summed E-state index contributed by atoms with van der Waals surface area (Å²) in [7, 11) is -1.85. The van der Waals surface area contributed by atoms with Crippen LogP contribution in [0.1, 0.15) is 11.1 Å². The van der Waals surface area contributed by atoms with Crippen molar-refractivity contribution < 1.29 is 17.9 Å². The summed E-state index contributed by atoms with van der Waals surface area (Å²) in [5.74, 6) is 0.657. The number of carbonyl (C=O) groups excluding carboxylic acids is 1. The fourth-order valence-electron chi connectivity index (χ4n) is 3.18. The van der Waals surface area contributed by atoms with Crippen LogP contribution in [-0.4, -0.2) is 46.9 Å². The number of amides is 2. The fourth-order valence-corrected chi connectivity index (χ4v) is 4.60. The van der Waals surface area contributed by atoms with Gasteiger partial charge in [0.05, 0.1) is 18.6 Å². The number of urea groups is 1. The lowest BCUT2D eigenvalue weighted by Crippen LogP contribution is -2.41. The summed E-state index contributed by atoms with van der Waals surface area (Å²) in [6.45, 7) is 0.982. The van der Waals surface area contributed by atoms with Gasteiger partial charge < -0.3 is 15.4 Å². The molecule has 1 heterocycles. The second-order valence-electron chi connectivity index (χ2n) is 6.55. The zero-order chi connectivity index (χ0) is 20.0. The number of rotatable bonds is 8. The van der Waals surface area contributed by atoms with Crippen LogP contribution in [0.4, 0.5) is 10.5 Å². The molecule has 8 heteroatoms. The van der Waals surface area contributed by atoms with Gasteiger partial charge in [-0.3, -0.25) is 4.31 Å². The number of benzene rings is 2. The molecule has 0 fully saturated rings. The summed E-state index contributed by atoms with van der Waals surface area (Å²) in [6.07, 6.45) is 1.40. The van der Waals surface area contributed by atoms with Crippen LogP contribution >= 0.6 is 0 Å². The van der Waals surface area contributed by atoms with E-state index >= 15 is 0 Å². The number of anilines is 1. The van der Waals surface area contributed by atoms with Crippen LogP contribution in [0.5, 0.6) is 5.75 Å². The highest BCUT2D eigenvalue weighted by molar-refractivity contribution is 7.92. The average molecular weight is 404 g/mol. The third kappa shape index (κ3) is 4.95. The summed E-state index contributed by atoms with van der Waals surface area (Å²) < 4.78 is 31.7. The Labute approximate surface area is 165 Å². The summed E-state index contributed by atoms with van der Waals surface area (Å²) in [5.41, 5.74) is 2.86. The number of ether oxygens (including phenoxy) is 1. The zero-order valence-corrected chi connectivity index (χ0v) is 16.7. The Kier molecular flexibility index (Phi) is 6.41. The van der Waals surface area contributed by atoms with Crippen LogP contribution in [0, 0.1) is 0 Å². The van der Waals surface area contributed by atoms with E-state index in [2.05, 4.69) is 10.6 Å². The number of hydrogen-bond donors (Lipinski definition) is 2. The van der Waals surface area contributed by atoms with E-state index in [0.29, 0.717) is 25.9 Å². The van der Waals surface area contributed by atoms with Gasteiger partial charge in [-0.1, -0.05) is 30.3 Å². The molecule has 0 aromatic heterocycles. The molecule has 0 spiro atoms. The normalized spacial score (nSPS) is 13.1. The lowest BCUT2D eigenvalue weighted by molar-refractivity contribution is 0.241. The molecule has 0 atom stereocenters. The van der Waals surface area contributed by atoms with E-state index in [0.717, 1.165) is 22.6 Å². The van der Waals surface area contributed by atoms with E-state index in [1.807, 2.05) is 48.5 Å². The van der Waals surface area contributed by atoms with Crippen molar-refractivity contribution in [3.8, 4) is 5.75 Å². The lowest BCUT2D eigenvalue weighted by atomic mass is 10.1. The van der Waals surface area contributed by atoms with E-state index in [4.69, 9.17) is 4.74 Å². The van der Waals surface area contributed by atoms with Gasteiger partial charge in [0, 0.05) is 19.6 Å². The fraction of sp³-hybridized carbons (Fsp3) is 0.350. The Morgan fingerprint density at radius 1 is 1.07 bits per heavy atom. The van der Waals surface area contributed by atoms with Gasteiger partial charge in [0.1, 0.15) is 5.75 Å². The van der Waals surface area contributed by atoms with Crippen LogP contribution in [0.2, 0.25) is 0 Å². The second kappa shape index (κ2) is 8.97. The predicted octanol–water partition coefficient (Wildman–Crippen LogP) is 1.93. The Morgan fingerprint density at radius 2 is 1.79 bits per heavy atom. The molecule has 2 amide bonds. The van der Waals surface area contributed by atoms with E-state index in [1.165, 1.54) is 4.31 Å². The van der Waals surface area contributed by atoms with Crippen molar-refractivity contribution in [2.24, 2.45) is 0 Å². The summed E-state index contributed by atoms with van der Waals surface area (Å²) in [5, 5.41) is 5.36. The number of hydrogen-bond acceptors (Lipinski definition) is 4. The van der Waals surface area contributed by atoms with Gasteiger partial charge in [-0.25, -0.2) is 13.2 Å². The third-order valence-corrected chi connectivity index (χ3v) is 6.46. The van der Waals surface area contributed by atoms with Gasteiger partial charge >= 0.3 is 6.03 Å². The van der Waals surface area contributed by atoms with Crippen molar-refractivity contribution >= 4 is 21.7 Å². The van der Waals surface area contributed by atoms with Crippen LogP contribution in [0.15, 0.2) is 48.5 Å². The minimum absolute atomic E-state index is 0.0649. The lowest BCUT2D eigenvalue weighted by Gasteiger charge is -2.19. The first-order valence-corrected chi connectivity index (χ1v) is 10.8. The van der Waals surface area contributed by atoms with Crippen LogP contribution < -0.4 is 19.7 Å². The molecule has 2 aromatic rings. The standard InChI is InChI=1S/C20H25N3O4S/c1-27-18-8-6-16(7-9-18)10-12-21-20(24)22-13-15-28(25,26)23-14-11-17-4-2-3-5-19(17)23/h2-9H,10-15H2,1H3,(H2,21,22,24). The van der Waals surface area contributed by atoms with Crippen LogP contribution in [0.3, 0.4) is 0 Å². The predicted molar refractivity (Wildman–Crippen MR) is 109 cm³/mol. The van der Waals surface area contributed by atoms with Gasteiger partial charge in [0.2, 0.25) is 10.0 Å². The average Bonchev–Trinajstić information content (AvgIpc) is 3.13. The quantitative estimate of drug-likeness (QED) is 0.705. The molecule has 1 aliphatic rings. The van der Waals surface area contributed by atoms with Crippen molar-refractivity contribution in [2.45, 2.75) is 12.8 Å². The smallest absolute Gasteiger partial charge is 0.314 e. The van der Waals surface area contributed by atoms with E-state index in [1.54, 1.807) is 7.11 Å². The van der Waals surface area contributed by atoms with E-state index in [9.17, 15) is 13.2 Å². The SMILES string of the molecule is COc1ccc(CCNC(=O)NCCS(=O)(=O)N2CCc3ccccc32)cc1. The third-order valence-electron chi connectivity index (χ3n) is 4.68. The largest absolute Gasteiger partial charge is 0.497 e. The van der Waals surface area contributed by atoms with Gasteiger partial charge in [0.15, 0.2) is 0 Å². The molecular formula is C20H25N3O4S. The van der Waals surface area contributed by atoms with Crippen molar-refractivity contribution in [1.82, 2.24) is 10.6 Å². The maximum Gasteiger partial charge on any atom is 0.314 e. The molecular weight excluding hydrogens is 378 g/mol. The Morgan fingerprint density at radius 3 is 2.54 bits per heavy atom. The van der Waals surface area contributed by atoms with Gasteiger partial charge in [-0.15, -0.1) is 0 Å². The summed E-state index contributed by atoms with van der Waals surface area (Å²) >= 11 is 0. The van der Waals surface area contributed by atoms with Gasteiger partial charge in [-0.05, 0) is 42.2 Å². The number of nitrogens with one attached hydrogen (secondary N) is 2. The van der Waals surface area contributed by atoms with Gasteiger partial charge in [-0.2, -0.15) is 0 Å². The first-order valence-electron chi connectivity index (χ1n) is 9.22. The number of methoxy groups -OCH3 is 1. The van der Waals surface area contributed by atoms with Crippen molar-refractivity contribution in [2.75, 3.05) is 36.8 Å². The Bertz CT molecular complexity index is 913. The van der Waals surface area contributed by atoms with Gasteiger partial charge in [0.25, 0.3) is 0 Å². The topological polar surface area (TPSA) is 87.7 Å². The molecule has 0 aliphatic carbocycles. The van der Waals surface area contributed by atoms with Crippen molar-refractivity contribution in [3.63, 3.8) is 0 Å². The number of para-hydroxylation sites is 1. The van der Waals surface area contributed by atoms with Crippen molar-refractivity contribution in [1.29, 1.82) is 0 Å². The molecule has 28 heavy (non-hydrogen) atoms. The molecule has 150 valence electrons. The number of sulfonamides is 1. The Balaban J connectivity index is 1.40. The molecule has 0 radical (unpaired) electrons. The molecule has 0 saturated carbocycles. The minimum atomic E-state index is -3.46. The molecule has 3 rings (SSSR count). The van der Waals surface area contributed by atoms with Crippen molar-refractivity contribution in [3.05, 3.63) is 59.7 Å². The molecule has 2 N–H and O–H groups in total. The van der Waals surface area contributed by atoms with E-state index < -0.39 is 10.0 Å². The van der Waals surface area contributed by atoms with Crippen LogP contribution in [-0.2, 0) is 22.9 Å². The van der Waals surface area contributed by atoms with Crippen LogP contribution in [0.25, 0.3) is 0 Å². The number of fused-ring (bicyclic) bond motifs is 1. The minimum Gasteiger partial charge on any atom is -0.497 e. The maximum absolute atomic E-state index is 12.6. The highest BCUT2D eigenvalue weighted by atomic mass is 32.2. The molecule has 0 bridgehead atoms. The maximum atomic E-state index is 12.6. The summed E-state index contributed by atoms with van der Waals surface area (Å²) in [6, 6.07) is 14.8. The molecule has 0 saturated heterocycles. The van der Waals surface area contributed by atoms with E-state index in [-0.39, 0.29) is 18.3 Å². The Hall–Kier alpha value is -2.74. The number of carbonyl (C=O) groups is 1. The first kappa shape index (κ1) is 20.0. The zero-order valence-electron chi connectivity index (χ0n) is 15.8. The second-order valence-corrected chi connectivity index (χ2v) is 8.56. The highest BCUT2D eigenvalue weighted by Gasteiger charge is 2.28.